The Labute approximate surface area is 381 Å². The number of aliphatic hydroxyl groups excluding tert-OH is 1. The summed E-state index contributed by atoms with van der Waals surface area (Å²) in [6.45, 7) is -0.832. The maximum atomic E-state index is 14.3. The fourth-order valence-corrected chi connectivity index (χ4v) is 10.7. The van der Waals surface area contributed by atoms with E-state index in [4.69, 9.17) is 14.6 Å². The first-order valence-electron chi connectivity index (χ1n) is 20.1. The molecule has 3 heterocycles. The molecular formula is C48H41N5O8S3. The number of hydrogen-bond donors (Lipinski definition) is 4. The molecule has 16 heteroatoms. The van der Waals surface area contributed by atoms with Crippen molar-refractivity contribution in [2.45, 2.75) is 23.1 Å². The molecule has 0 bridgehead atoms. The van der Waals surface area contributed by atoms with Gasteiger partial charge in [0.25, 0.3) is 11.8 Å². The summed E-state index contributed by atoms with van der Waals surface area (Å²) in [4.78, 5) is 65.7. The zero-order valence-electron chi connectivity index (χ0n) is 34.0. The summed E-state index contributed by atoms with van der Waals surface area (Å²) in [5.74, 6) is -2.98. The van der Waals surface area contributed by atoms with E-state index in [9.17, 15) is 29.4 Å². The standard InChI is InChI=1S/C48H41N5O8S3/c54-26-27-62-37-30-63-45-40(44(57)53(45)41(37)46(58)59)50-43(56)39(52-60-28-38(55)61-42(31-16-6-1-7-17-31)32-18-8-2-9-19-32)36-29-64-47(49-36)51-48(33-20-10-3-11-21-33,34-22-12-4-13-23-34)35-24-14-5-15-25-35/h1-25,29,40,42,45,54H,26-28,30H2,(H,49,51)(H,50,56)(H,58,59)/t40-,45+/m1/s1. The number of nitrogens with zero attached hydrogens (tertiary/aromatic N) is 3. The number of oxime groups is 1. The van der Waals surface area contributed by atoms with Crippen LogP contribution in [0.25, 0.3) is 0 Å². The van der Waals surface area contributed by atoms with Crippen molar-refractivity contribution in [2.24, 2.45) is 5.16 Å². The molecule has 2 aliphatic rings. The number of amides is 2. The number of esters is 1. The van der Waals surface area contributed by atoms with Crippen molar-refractivity contribution in [1.29, 1.82) is 0 Å². The number of thiazole rings is 1. The van der Waals surface area contributed by atoms with Crippen LogP contribution in [0.15, 0.2) is 173 Å². The molecular weight excluding hydrogens is 871 g/mol. The lowest BCUT2D eigenvalue weighted by molar-refractivity contribution is -0.153. The number of benzene rings is 5. The average molecular weight is 912 g/mol. The molecule has 8 rings (SSSR count). The van der Waals surface area contributed by atoms with E-state index in [2.05, 4.69) is 15.8 Å². The van der Waals surface area contributed by atoms with Crippen molar-refractivity contribution in [3.8, 4) is 0 Å². The maximum absolute atomic E-state index is 14.3. The molecule has 0 saturated carbocycles. The third-order valence-corrected chi connectivity index (χ3v) is 13.8. The van der Waals surface area contributed by atoms with Crippen molar-refractivity contribution in [3.63, 3.8) is 0 Å². The first-order valence-corrected chi connectivity index (χ1v) is 23.1. The lowest BCUT2D eigenvalue weighted by Gasteiger charge is -2.49. The average Bonchev–Trinajstić information content (AvgIpc) is 3.81. The highest BCUT2D eigenvalue weighted by molar-refractivity contribution is 8.06. The fourth-order valence-electron chi connectivity index (χ4n) is 7.56. The van der Waals surface area contributed by atoms with E-state index in [-0.39, 0.29) is 35.2 Å². The minimum Gasteiger partial charge on any atom is -0.477 e. The van der Waals surface area contributed by atoms with E-state index >= 15 is 0 Å². The van der Waals surface area contributed by atoms with Crippen LogP contribution in [0.5, 0.6) is 0 Å². The smallest absolute Gasteiger partial charge is 0.353 e. The Morgan fingerprint density at radius 3 is 1.88 bits per heavy atom. The third kappa shape index (κ3) is 9.31. The minimum atomic E-state index is -1.28. The van der Waals surface area contributed by atoms with Gasteiger partial charge in [0.1, 0.15) is 28.3 Å². The number of anilines is 1. The molecule has 0 unspecified atom stereocenters. The van der Waals surface area contributed by atoms with Crippen molar-refractivity contribution in [3.05, 3.63) is 201 Å². The van der Waals surface area contributed by atoms with Crippen LogP contribution in [0.2, 0.25) is 0 Å². The molecule has 13 nitrogen and oxygen atoms in total. The molecule has 4 N–H and O–H groups in total. The highest BCUT2D eigenvalue weighted by Crippen LogP contribution is 2.44. The zero-order chi connectivity index (χ0) is 44.5. The summed E-state index contributed by atoms with van der Waals surface area (Å²) < 4.78 is 5.90. The van der Waals surface area contributed by atoms with Gasteiger partial charge in [0, 0.05) is 21.8 Å². The second-order valence-corrected chi connectivity index (χ2v) is 17.6. The summed E-state index contributed by atoms with van der Waals surface area (Å²) >= 11 is 3.68. The first-order chi connectivity index (χ1) is 31.3. The quantitative estimate of drug-likeness (QED) is 0.0228. The largest absolute Gasteiger partial charge is 0.477 e. The molecule has 324 valence electrons. The van der Waals surface area contributed by atoms with Crippen LogP contribution in [0, 0.1) is 0 Å². The van der Waals surface area contributed by atoms with Gasteiger partial charge in [0.05, 0.1) is 6.61 Å². The molecule has 2 atom stereocenters. The lowest BCUT2D eigenvalue weighted by Crippen LogP contribution is -2.71. The van der Waals surface area contributed by atoms with Crippen LogP contribution in [0.4, 0.5) is 5.13 Å². The number of carboxylic acid groups (broad SMARTS) is 1. The summed E-state index contributed by atoms with van der Waals surface area (Å²) in [7, 11) is 0. The van der Waals surface area contributed by atoms with Gasteiger partial charge in [-0.2, -0.15) is 0 Å². The van der Waals surface area contributed by atoms with Crippen LogP contribution in [-0.2, 0) is 34.3 Å². The van der Waals surface area contributed by atoms with E-state index in [1.807, 2.05) is 152 Å². The number of ether oxygens (including phenoxy) is 1. The number of aliphatic carboxylic acids is 1. The Balaban J connectivity index is 1.10. The lowest BCUT2D eigenvalue weighted by atomic mass is 9.77. The number of hydrogen-bond acceptors (Lipinski definition) is 13. The Hall–Kier alpha value is -6.72. The summed E-state index contributed by atoms with van der Waals surface area (Å²) in [5, 5.41) is 31.3. The highest BCUT2D eigenvalue weighted by atomic mass is 32.2. The van der Waals surface area contributed by atoms with E-state index in [1.165, 1.54) is 34.9 Å². The fraction of sp³-hybridized carbons (Fsp3) is 0.167. The van der Waals surface area contributed by atoms with Gasteiger partial charge in [0.15, 0.2) is 16.9 Å². The SMILES string of the molecule is O=C(CON=C(C(=O)N[C@@H]1C(=O)N2C(C(=O)O)=C(SCCO)CS[C@@H]12)c1csc(NC(c2ccccc2)(c2ccccc2)c2ccccc2)n1)OC(c1ccccc1)c1ccccc1. The van der Waals surface area contributed by atoms with Crippen LogP contribution in [0.1, 0.15) is 39.6 Å². The number of rotatable bonds is 18. The van der Waals surface area contributed by atoms with Crippen LogP contribution < -0.4 is 10.6 Å². The second kappa shape index (κ2) is 20.2. The Morgan fingerprint density at radius 1 is 0.828 bits per heavy atom. The first kappa shape index (κ1) is 43.9. The summed E-state index contributed by atoms with van der Waals surface area (Å²) in [6.07, 6.45) is -0.746. The molecule has 6 aromatic rings. The van der Waals surface area contributed by atoms with Crippen LogP contribution in [-0.4, -0.2) is 85.7 Å². The molecule has 2 amide bonds. The van der Waals surface area contributed by atoms with E-state index in [0.29, 0.717) is 10.0 Å². The van der Waals surface area contributed by atoms with Gasteiger partial charge < -0.3 is 30.4 Å². The van der Waals surface area contributed by atoms with Gasteiger partial charge >= 0.3 is 11.9 Å². The molecule has 5 aromatic carbocycles. The van der Waals surface area contributed by atoms with Gasteiger partial charge in [-0.25, -0.2) is 14.6 Å². The number of aromatic nitrogens is 1. The number of carbonyl (C=O) groups is 4. The molecule has 64 heavy (non-hydrogen) atoms. The minimum absolute atomic E-state index is 0.0848. The molecule has 1 fully saturated rings. The number of nitrogens with one attached hydrogen (secondary N) is 2. The molecule has 0 spiro atoms. The van der Waals surface area contributed by atoms with E-state index in [0.717, 1.165) is 32.7 Å². The van der Waals surface area contributed by atoms with Gasteiger partial charge in [-0.3, -0.25) is 14.5 Å². The molecule has 0 radical (unpaired) electrons. The number of carboxylic acids is 1. The number of aliphatic hydroxyl groups is 1. The topological polar surface area (TPSA) is 180 Å². The van der Waals surface area contributed by atoms with Gasteiger partial charge in [-0.05, 0) is 27.8 Å². The van der Waals surface area contributed by atoms with Gasteiger partial charge in [-0.15, -0.1) is 34.9 Å². The van der Waals surface area contributed by atoms with Crippen molar-refractivity contribution >= 4 is 69.5 Å². The Bertz CT molecular complexity index is 2520. The number of β-lactam (4-membered cyclic amide) rings is 1. The molecule has 2 aliphatic heterocycles. The highest BCUT2D eigenvalue weighted by Gasteiger charge is 2.54. The number of fused-ring (bicyclic) bond motifs is 1. The number of carbonyl (C=O) groups excluding carboxylic acids is 3. The second-order valence-electron chi connectivity index (χ2n) is 14.4. The van der Waals surface area contributed by atoms with E-state index in [1.54, 1.807) is 5.38 Å². The summed E-state index contributed by atoms with van der Waals surface area (Å²) in [5.41, 5.74) is 2.89. The molecule has 1 aromatic heterocycles. The van der Waals surface area contributed by atoms with Crippen molar-refractivity contribution < 1.29 is 39.0 Å². The number of thioether (sulfide) groups is 2. The monoisotopic (exact) mass is 911 g/mol. The molecule has 0 aliphatic carbocycles. The normalized spacial score (nSPS) is 16.1. The van der Waals surface area contributed by atoms with Crippen molar-refractivity contribution in [1.82, 2.24) is 15.2 Å². The molecule has 1 saturated heterocycles. The third-order valence-electron chi connectivity index (χ3n) is 10.5. The Kier molecular flexibility index (Phi) is 13.9. The zero-order valence-corrected chi connectivity index (χ0v) is 36.4. The van der Waals surface area contributed by atoms with Crippen LogP contribution in [0.3, 0.4) is 0 Å². The van der Waals surface area contributed by atoms with Gasteiger partial charge in [-0.1, -0.05) is 157 Å². The van der Waals surface area contributed by atoms with Crippen LogP contribution >= 0.6 is 34.9 Å². The Morgan fingerprint density at radius 2 is 1.36 bits per heavy atom. The van der Waals surface area contributed by atoms with Gasteiger partial charge in [0.2, 0.25) is 6.61 Å². The van der Waals surface area contributed by atoms with E-state index < -0.39 is 53.4 Å². The maximum Gasteiger partial charge on any atom is 0.353 e. The predicted molar refractivity (Wildman–Crippen MR) is 247 cm³/mol. The van der Waals surface area contributed by atoms with Crippen molar-refractivity contribution in [2.75, 3.05) is 30.0 Å². The predicted octanol–water partition coefficient (Wildman–Crippen LogP) is 7.02. The summed E-state index contributed by atoms with van der Waals surface area (Å²) in [6, 6.07) is 47.1.